The fourth-order valence-electron chi connectivity index (χ4n) is 7.67. The molecule has 0 fully saturated rings. The minimum Gasteiger partial charge on any atom is -0.456 e. The van der Waals surface area contributed by atoms with E-state index in [1.807, 2.05) is 12.1 Å². The molecular weight excluding hydrogens is 631 g/mol. The smallest absolute Gasteiger partial charge is 0.137 e. The molecule has 0 atom stereocenters. The third-order valence-electron chi connectivity index (χ3n) is 10.3. The van der Waals surface area contributed by atoms with Crippen molar-refractivity contribution >= 4 is 60.5 Å². The Labute approximate surface area is 302 Å². The molecule has 0 aliphatic rings. The molecule has 9 aromatic carbocycles. The first-order chi connectivity index (χ1) is 25.8. The Bertz CT molecular complexity index is 2890. The maximum absolute atomic E-state index is 6.40. The van der Waals surface area contributed by atoms with E-state index in [0.717, 1.165) is 39.0 Å². The number of hydrogen-bond acceptors (Lipinski definition) is 2. The molecule has 10 aromatic rings. The summed E-state index contributed by atoms with van der Waals surface area (Å²) in [5.74, 6) is 0. The molecule has 0 N–H and O–H groups in total. The number of furan rings is 1. The summed E-state index contributed by atoms with van der Waals surface area (Å²) in [5, 5.41) is 7.13. The zero-order valence-electron chi connectivity index (χ0n) is 28.4. The van der Waals surface area contributed by atoms with Crippen molar-refractivity contribution < 1.29 is 4.42 Å². The summed E-state index contributed by atoms with van der Waals surface area (Å²) in [6.07, 6.45) is 0. The average Bonchev–Trinajstić information content (AvgIpc) is 3.60. The first-order valence-corrected chi connectivity index (χ1v) is 17.8. The number of hydrogen-bond donors (Lipinski definition) is 0. The lowest BCUT2D eigenvalue weighted by Crippen LogP contribution is -2.10. The van der Waals surface area contributed by atoms with Crippen LogP contribution in [0.5, 0.6) is 0 Å². The van der Waals surface area contributed by atoms with E-state index < -0.39 is 0 Å². The van der Waals surface area contributed by atoms with Crippen molar-refractivity contribution in [1.82, 2.24) is 0 Å². The van der Waals surface area contributed by atoms with E-state index in [1.165, 1.54) is 54.9 Å². The third-order valence-corrected chi connectivity index (χ3v) is 10.3. The number of rotatable bonds is 6. The number of fused-ring (bicyclic) bond motifs is 6. The van der Waals surface area contributed by atoms with Crippen molar-refractivity contribution in [2.24, 2.45) is 0 Å². The van der Waals surface area contributed by atoms with Gasteiger partial charge in [0.2, 0.25) is 0 Å². The van der Waals surface area contributed by atoms with Gasteiger partial charge in [-0.1, -0.05) is 152 Å². The normalized spacial score (nSPS) is 11.5. The molecule has 0 bridgehead atoms. The molecule has 2 heteroatoms. The quantitative estimate of drug-likeness (QED) is 0.165. The molecular formula is C50H33NO. The van der Waals surface area contributed by atoms with Gasteiger partial charge in [-0.25, -0.2) is 0 Å². The zero-order chi connectivity index (χ0) is 34.4. The molecule has 0 saturated heterocycles. The van der Waals surface area contributed by atoms with Crippen LogP contribution in [0.3, 0.4) is 0 Å². The Kier molecular flexibility index (Phi) is 7.18. The summed E-state index contributed by atoms with van der Waals surface area (Å²) in [7, 11) is 0. The Morgan fingerprint density at radius 2 is 0.808 bits per heavy atom. The second kappa shape index (κ2) is 12.5. The van der Waals surface area contributed by atoms with Gasteiger partial charge in [0.05, 0.1) is 5.69 Å². The van der Waals surface area contributed by atoms with Gasteiger partial charge in [-0.2, -0.15) is 0 Å². The lowest BCUT2D eigenvalue weighted by molar-refractivity contribution is 0.669. The van der Waals surface area contributed by atoms with Crippen LogP contribution in [0.15, 0.2) is 205 Å². The van der Waals surface area contributed by atoms with E-state index in [2.05, 4.69) is 193 Å². The van der Waals surface area contributed by atoms with Gasteiger partial charge in [0.1, 0.15) is 11.2 Å². The van der Waals surface area contributed by atoms with Crippen LogP contribution < -0.4 is 4.90 Å². The highest BCUT2D eigenvalue weighted by atomic mass is 16.3. The maximum Gasteiger partial charge on any atom is 0.137 e. The number of para-hydroxylation sites is 1. The van der Waals surface area contributed by atoms with Crippen molar-refractivity contribution in [1.29, 1.82) is 0 Å². The number of anilines is 3. The van der Waals surface area contributed by atoms with Crippen molar-refractivity contribution in [3.63, 3.8) is 0 Å². The van der Waals surface area contributed by atoms with Crippen molar-refractivity contribution in [2.75, 3.05) is 4.90 Å². The molecule has 0 saturated carbocycles. The highest BCUT2D eigenvalue weighted by Gasteiger charge is 2.19. The lowest BCUT2D eigenvalue weighted by atomic mass is 9.96. The molecule has 0 radical (unpaired) electrons. The summed E-state index contributed by atoms with van der Waals surface area (Å²) in [5.41, 5.74) is 12.2. The van der Waals surface area contributed by atoms with Crippen molar-refractivity contribution in [3.8, 4) is 33.4 Å². The van der Waals surface area contributed by atoms with Crippen LogP contribution in [0.25, 0.3) is 76.9 Å². The molecule has 0 aliphatic carbocycles. The van der Waals surface area contributed by atoms with Crippen LogP contribution in [0.1, 0.15) is 0 Å². The van der Waals surface area contributed by atoms with Gasteiger partial charge in [-0.05, 0) is 92.0 Å². The first-order valence-electron chi connectivity index (χ1n) is 17.8. The minimum atomic E-state index is 0.874. The highest BCUT2D eigenvalue weighted by molar-refractivity contribution is 6.15. The molecule has 10 rings (SSSR count). The van der Waals surface area contributed by atoms with E-state index in [4.69, 9.17) is 4.42 Å². The van der Waals surface area contributed by atoms with Gasteiger partial charge < -0.3 is 9.32 Å². The lowest BCUT2D eigenvalue weighted by Gasteiger charge is -2.27. The van der Waals surface area contributed by atoms with E-state index >= 15 is 0 Å². The van der Waals surface area contributed by atoms with Crippen molar-refractivity contribution in [2.45, 2.75) is 0 Å². The summed E-state index contributed by atoms with van der Waals surface area (Å²) < 4.78 is 6.40. The molecule has 1 heterocycles. The summed E-state index contributed by atoms with van der Waals surface area (Å²) in [6.45, 7) is 0. The van der Waals surface area contributed by atoms with Crippen LogP contribution in [-0.4, -0.2) is 0 Å². The van der Waals surface area contributed by atoms with Crippen molar-refractivity contribution in [3.05, 3.63) is 200 Å². The minimum absolute atomic E-state index is 0.874. The Hall–Kier alpha value is -6.90. The predicted molar refractivity (Wildman–Crippen MR) is 220 cm³/mol. The molecule has 0 spiro atoms. The van der Waals surface area contributed by atoms with E-state index in [0.29, 0.717) is 0 Å². The molecule has 0 unspecified atom stereocenters. The summed E-state index contributed by atoms with van der Waals surface area (Å²) >= 11 is 0. The van der Waals surface area contributed by atoms with Gasteiger partial charge in [0.15, 0.2) is 0 Å². The van der Waals surface area contributed by atoms with E-state index in [1.54, 1.807) is 0 Å². The fourth-order valence-corrected chi connectivity index (χ4v) is 7.67. The number of benzene rings is 9. The molecule has 2 nitrogen and oxygen atoms in total. The molecule has 1 aromatic heterocycles. The highest BCUT2D eigenvalue weighted by Crippen LogP contribution is 2.44. The third kappa shape index (κ3) is 5.21. The van der Waals surface area contributed by atoms with Gasteiger partial charge in [0.25, 0.3) is 0 Å². The average molecular weight is 664 g/mol. The second-order valence-electron chi connectivity index (χ2n) is 13.3. The zero-order valence-corrected chi connectivity index (χ0v) is 28.4. The maximum atomic E-state index is 6.40. The Morgan fingerprint density at radius 1 is 0.288 bits per heavy atom. The number of nitrogens with zero attached hydrogens (tertiary/aromatic N) is 1. The Balaban J connectivity index is 1.07. The first kappa shape index (κ1) is 30.0. The summed E-state index contributed by atoms with van der Waals surface area (Å²) in [4.78, 5) is 2.37. The Morgan fingerprint density at radius 3 is 1.56 bits per heavy atom. The van der Waals surface area contributed by atoms with Crippen LogP contribution in [0.4, 0.5) is 17.1 Å². The van der Waals surface area contributed by atoms with Crippen LogP contribution >= 0.6 is 0 Å². The van der Waals surface area contributed by atoms with E-state index in [-0.39, 0.29) is 0 Å². The molecule has 0 aliphatic heterocycles. The van der Waals surface area contributed by atoms with Gasteiger partial charge in [-0.3, -0.25) is 0 Å². The summed E-state index contributed by atoms with van der Waals surface area (Å²) in [6, 6.07) is 71.7. The fraction of sp³-hybridized carbons (Fsp3) is 0. The SMILES string of the molecule is c1ccc(-c2ccc(-c3cccc(-c4ccc(N(c5ccc6c(c5)oc5ccccc56)c5cc6ccccc6c6ccccc56)cc4)c3)cc2)cc1. The molecule has 52 heavy (non-hydrogen) atoms. The van der Waals surface area contributed by atoms with Crippen LogP contribution in [-0.2, 0) is 0 Å². The topological polar surface area (TPSA) is 16.4 Å². The van der Waals surface area contributed by atoms with Crippen LogP contribution in [0, 0.1) is 0 Å². The molecule has 0 amide bonds. The second-order valence-corrected chi connectivity index (χ2v) is 13.3. The van der Waals surface area contributed by atoms with Gasteiger partial charge in [0, 0.05) is 33.6 Å². The molecule has 244 valence electrons. The van der Waals surface area contributed by atoms with Gasteiger partial charge >= 0.3 is 0 Å². The van der Waals surface area contributed by atoms with Crippen LogP contribution in [0.2, 0.25) is 0 Å². The predicted octanol–water partition coefficient (Wildman–Crippen LogP) is 14.4. The van der Waals surface area contributed by atoms with Gasteiger partial charge in [-0.15, -0.1) is 0 Å². The largest absolute Gasteiger partial charge is 0.456 e. The standard InChI is InChI=1S/C50H33NO/c1-2-11-34(12-3-1)35-21-23-36(24-22-35)38-14-10-15-39(31-38)37-25-27-41(28-26-37)51(42-29-30-47-46-19-8-9-20-49(46)52-50(47)33-42)48-32-40-13-4-5-16-43(40)44-17-6-7-18-45(44)48/h1-33H. The monoisotopic (exact) mass is 663 g/mol. The van der Waals surface area contributed by atoms with E-state index in [9.17, 15) is 0 Å².